The number of ether oxygens (including phenoxy) is 1. The first-order valence-corrected chi connectivity index (χ1v) is 5.50. The van der Waals surface area contributed by atoms with E-state index in [2.05, 4.69) is 0 Å². The lowest BCUT2D eigenvalue weighted by Crippen LogP contribution is -2.29. The molecule has 0 aliphatic carbocycles. The van der Waals surface area contributed by atoms with Gasteiger partial charge in [-0.1, -0.05) is 12.1 Å². The van der Waals surface area contributed by atoms with E-state index in [1.165, 1.54) is 0 Å². The van der Waals surface area contributed by atoms with Crippen LogP contribution in [0.1, 0.15) is 31.9 Å². The van der Waals surface area contributed by atoms with Crippen LogP contribution in [0, 0.1) is 5.41 Å². The summed E-state index contributed by atoms with van der Waals surface area (Å²) in [6.45, 7) is 4.93. The Morgan fingerprint density at radius 1 is 1.11 bits per heavy atom. The maximum absolute atomic E-state index is 12.4. The molecule has 1 aromatic rings. The number of benzene rings is 1. The Bertz CT molecular complexity index is 484. The molecule has 0 spiro atoms. The fraction of sp³-hybridized carbons (Fsp3) is 0.385. The van der Waals surface area contributed by atoms with E-state index in [0.29, 0.717) is 0 Å². The third kappa shape index (κ3) is 4.39. The predicted molar refractivity (Wildman–Crippen MR) is 64.1 cm³/mol. The third-order valence-corrected chi connectivity index (χ3v) is 2.10. The fourth-order valence-corrected chi connectivity index (χ4v) is 1.27. The summed E-state index contributed by atoms with van der Waals surface area (Å²) in [4.78, 5) is 11.6. The van der Waals surface area contributed by atoms with Crippen molar-refractivity contribution in [3.63, 3.8) is 0 Å². The van der Waals surface area contributed by atoms with Gasteiger partial charge in [0.1, 0.15) is 11.3 Å². The van der Waals surface area contributed by atoms with Crippen LogP contribution in [0.4, 0.5) is 13.2 Å². The standard InChI is InChI=1S/C13H14F3NO2/c1-12(2,3)19-11(18)10(17)8-4-6-9(7-5-8)13(14,15)16/h4-7,17H,1-3H3. The first-order chi connectivity index (χ1) is 8.50. The summed E-state index contributed by atoms with van der Waals surface area (Å²) in [5.74, 6) is -0.868. The van der Waals surface area contributed by atoms with Crippen LogP contribution in [-0.2, 0) is 15.7 Å². The molecule has 1 rings (SSSR count). The zero-order valence-electron chi connectivity index (χ0n) is 10.8. The molecule has 0 saturated carbocycles. The summed E-state index contributed by atoms with van der Waals surface area (Å²) < 4.78 is 42.0. The molecule has 3 nitrogen and oxygen atoms in total. The molecule has 0 aliphatic heterocycles. The summed E-state index contributed by atoms with van der Waals surface area (Å²) >= 11 is 0. The number of rotatable bonds is 2. The Morgan fingerprint density at radius 3 is 1.95 bits per heavy atom. The average Bonchev–Trinajstić information content (AvgIpc) is 2.24. The van der Waals surface area contributed by atoms with Crippen molar-refractivity contribution < 1.29 is 22.7 Å². The molecule has 0 amide bonds. The molecule has 104 valence electrons. The summed E-state index contributed by atoms with van der Waals surface area (Å²) in [7, 11) is 0. The Labute approximate surface area is 108 Å². The summed E-state index contributed by atoms with van der Waals surface area (Å²) in [5.41, 5.74) is -1.96. The van der Waals surface area contributed by atoms with E-state index in [4.69, 9.17) is 10.1 Å². The lowest BCUT2D eigenvalue weighted by molar-refractivity contribution is -0.146. The van der Waals surface area contributed by atoms with Crippen molar-refractivity contribution in [2.24, 2.45) is 0 Å². The minimum Gasteiger partial charge on any atom is -0.455 e. The van der Waals surface area contributed by atoms with Crippen molar-refractivity contribution in [2.45, 2.75) is 32.5 Å². The summed E-state index contributed by atoms with van der Waals surface area (Å²) in [5, 5.41) is 7.59. The molecule has 0 aromatic heterocycles. The van der Waals surface area contributed by atoms with Gasteiger partial charge in [0.15, 0.2) is 0 Å². The second kappa shape index (κ2) is 5.03. The van der Waals surface area contributed by atoms with Crippen LogP contribution in [0.15, 0.2) is 24.3 Å². The molecular weight excluding hydrogens is 259 g/mol. The number of nitrogens with one attached hydrogen (secondary N) is 1. The SMILES string of the molecule is CC(C)(C)OC(=O)C(=N)c1ccc(C(F)(F)F)cc1. The van der Waals surface area contributed by atoms with Gasteiger partial charge in [-0.15, -0.1) is 0 Å². The smallest absolute Gasteiger partial charge is 0.416 e. The fourth-order valence-electron chi connectivity index (χ4n) is 1.27. The van der Waals surface area contributed by atoms with Crippen molar-refractivity contribution in [3.05, 3.63) is 35.4 Å². The second-order valence-electron chi connectivity index (χ2n) is 4.95. The topological polar surface area (TPSA) is 50.2 Å². The number of halogens is 3. The average molecular weight is 273 g/mol. The maximum Gasteiger partial charge on any atom is 0.416 e. The maximum atomic E-state index is 12.4. The Hall–Kier alpha value is -1.85. The molecule has 0 atom stereocenters. The third-order valence-electron chi connectivity index (χ3n) is 2.10. The molecule has 0 aliphatic rings. The number of hydrogen-bond acceptors (Lipinski definition) is 3. The number of carbonyl (C=O) groups excluding carboxylic acids is 1. The van der Waals surface area contributed by atoms with Crippen LogP contribution >= 0.6 is 0 Å². The van der Waals surface area contributed by atoms with E-state index in [0.717, 1.165) is 24.3 Å². The lowest BCUT2D eigenvalue weighted by Gasteiger charge is -2.19. The normalized spacial score (nSPS) is 12.1. The molecule has 1 N–H and O–H groups in total. The van der Waals surface area contributed by atoms with Crippen LogP contribution in [-0.4, -0.2) is 17.3 Å². The summed E-state index contributed by atoms with van der Waals surface area (Å²) in [6, 6.07) is 3.81. The van der Waals surface area contributed by atoms with Crippen molar-refractivity contribution in [3.8, 4) is 0 Å². The highest BCUT2D eigenvalue weighted by molar-refractivity contribution is 6.42. The highest BCUT2D eigenvalue weighted by Crippen LogP contribution is 2.29. The van der Waals surface area contributed by atoms with Gasteiger partial charge in [0.25, 0.3) is 0 Å². The van der Waals surface area contributed by atoms with Crippen LogP contribution in [0.3, 0.4) is 0 Å². The zero-order valence-corrected chi connectivity index (χ0v) is 10.8. The van der Waals surface area contributed by atoms with Gasteiger partial charge < -0.3 is 4.74 Å². The molecular formula is C13H14F3NO2. The van der Waals surface area contributed by atoms with Crippen molar-refractivity contribution in [2.75, 3.05) is 0 Å². The number of esters is 1. The monoisotopic (exact) mass is 273 g/mol. The van der Waals surface area contributed by atoms with Gasteiger partial charge in [0.2, 0.25) is 0 Å². The second-order valence-corrected chi connectivity index (χ2v) is 4.95. The van der Waals surface area contributed by atoms with Crippen LogP contribution in [0.25, 0.3) is 0 Å². The molecule has 1 aromatic carbocycles. The molecule has 0 bridgehead atoms. The van der Waals surface area contributed by atoms with Crippen molar-refractivity contribution in [1.82, 2.24) is 0 Å². The Morgan fingerprint density at radius 2 is 1.58 bits per heavy atom. The van der Waals surface area contributed by atoms with Gasteiger partial charge in [-0.2, -0.15) is 13.2 Å². The van der Waals surface area contributed by atoms with E-state index in [1.807, 2.05) is 0 Å². The van der Waals surface area contributed by atoms with Gasteiger partial charge in [0, 0.05) is 5.56 Å². The number of carbonyl (C=O) groups is 1. The first-order valence-electron chi connectivity index (χ1n) is 5.50. The van der Waals surface area contributed by atoms with E-state index < -0.39 is 29.0 Å². The largest absolute Gasteiger partial charge is 0.455 e. The van der Waals surface area contributed by atoms with Crippen molar-refractivity contribution >= 4 is 11.7 Å². The minimum atomic E-state index is -4.44. The number of alkyl halides is 3. The molecule has 19 heavy (non-hydrogen) atoms. The number of hydrogen-bond donors (Lipinski definition) is 1. The molecule has 0 radical (unpaired) electrons. The van der Waals surface area contributed by atoms with Crippen LogP contribution in [0.5, 0.6) is 0 Å². The first kappa shape index (κ1) is 15.2. The van der Waals surface area contributed by atoms with E-state index in [1.54, 1.807) is 20.8 Å². The van der Waals surface area contributed by atoms with E-state index >= 15 is 0 Å². The van der Waals surface area contributed by atoms with Gasteiger partial charge in [-0.3, -0.25) is 5.41 Å². The van der Waals surface area contributed by atoms with Crippen LogP contribution < -0.4 is 0 Å². The molecule has 6 heteroatoms. The lowest BCUT2D eigenvalue weighted by atomic mass is 10.1. The Balaban J connectivity index is 2.87. The predicted octanol–water partition coefficient (Wildman–Crippen LogP) is 3.41. The van der Waals surface area contributed by atoms with Gasteiger partial charge in [-0.25, -0.2) is 4.79 Å². The highest BCUT2D eigenvalue weighted by Gasteiger charge is 2.30. The van der Waals surface area contributed by atoms with Gasteiger partial charge in [0.05, 0.1) is 5.56 Å². The Kier molecular flexibility index (Phi) is 4.03. The van der Waals surface area contributed by atoms with Crippen molar-refractivity contribution in [1.29, 1.82) is 5.41 Å². The van der Waals surface area contributed by atoms with E-state index in [-0.39, 0.29) is 5.56 Å². The quantitative estimate of drug-likeness (QED) is 0.663. The molecule has 0 heterocycles. The summed E-state index contributed by atoms with van der Waals surface area (Å²) in [6.07, 6.45) is -4.44. The molecule has 0 unspecified atom stereocenters. The van der Waals surface area contributed by atoms with E-state index in [9.17, 15) is 18.0 Å². The minimum absolute atomic E-state index is 0.0854. The van der Waals surface area contributed by atoms with Gasteiger partial charge in [-0.05, 0) is 32.9 Å². The van der Waals surface area contributed by atoms with Gasteiger partial charge >= 0.3 is 12.1 Å². The molecule has 0 fully saturated rings. The zero-order chi connectivity index (χ0) is 14.8. The van der Waals surface area contributed by atoms with Crippen LogP contribution in [0.2, 0.25) is 0 Å². The highest BCUT2D eigenvalue weighted by atomic mass is 19.4. The molecule has 0 saturated heterocycles.